The summed E-state index contributed by atoms with van der Waals surface area (Å²) in [7, 11) is -2.06. The van der Waals surface area contributed by atoms with E-state index in [9.17, 15) is 9.36 Å². The Labute approximate surface area is 172 Å². The van der Waals surface area contributed by atoms with E-state index in [1.54, 1.807) is 13.3 Å². The molecule has 2 aromatic rings. The number of hydrogen-bond donors (Lipinski definition) is 0. The third-order valence-corrected chi connectivity index (χ3v) is 5.60. The monoisotopic (exact) mass is 417 g/mol. The molecule has 0 atom stereocenters. The van der Waals surface area contributed by atoms with E-state index in [0.29, 0.717) is 25.7 Å². The average molecular weight is 417 g/mol. The predicted octanol–water partition coefficient (Wildman–Crippen LogP) is 4.37. The van der Waals surface area contributed by atoms with E-state index in [1.807, 2.05) is 24.3 Å². The molecule has 0 fully saturated rings. The van der Waals surface area contributed by atoms with Crippen molar-refractivity contribution in [3.05, 3.63) is 59.7 Å². The van der Waals surface area contributed by atoms with Crippen molar-refractivity contribution in [1.82, 2.24) is 5.06 Å². The van der Waals surface area contributed by atoms with Crippen molar-refractivity contribution in [2.75, 3.05) is 26.0 Å². The van der Waals surface area contributed by atoms with Gasteiger partial charge in [-0.1, -0.05) is 48.5 Å². The van der Waals surface area contributed by atoms with Crippen LogP contribution in [0.3, 0.4) is 0 Å². The van der Waals surface area contributed by atoms with E-state index in [0.717, 1.165) is 11.1 Å². The lowest BCUT2D eigenvalue weighted by Crippen LogP contribution is -2.30. The first-order chi connectivity index (χ1) is 13.7. The van der Waals surface area contributed by atoms with Crippen LogP contribution in [0.15, 0.2) is 48.5 Å². The summed E-state index contributed by atoms with van der Waals surface area (Å²) in [5, 5.41) is 1.37. The van der Waals surface area contributed by atoms with Gasteiger partial charge in [0.2, 0.25) is 5.91 Å². The zero-order valence-electron chi connectivity index (χ0n) is 17.4. The Hall–Kier alpha value is -2.52. The summed E-state index contributed by atoms with van der Waals surface area (Å²) >= 11 is 0. The van der Waals surface area contributed by atoms with Crippen LogP contribution in [0.25, 0.3) is 11.1 Å². The van der Waals surface area contributed by atoms with E-state index >= 15 is 0 Å². The van der Waals surface area contributed by atoms with Gasteiger partial charge in [0.05, 0.1) is 7.14 Å². The highest BCUT2D eigenvalue weighted by Crippen LogP contribution is 2.36. The van der Waals surface area contributed by atoms with Crippen LogP contribution in [0.1, 0.15) is 24.5 Å². The van der Waals surface area contributed by atoms with E-state index in [2.05, 4.69) is 31.2 Å². The van der Waals surface area contributed by atoms with Crippen LogP contribution in [0.2, 0.25) is 0 Å². The Balaban J connectivity index is 0.00000132. The van der Waals surface area contributed by atoms with Crippen molar-refractivity contribution in [1.29, 1.82) is 0 Å². The van der Waals surface area contributed by atoms with Crippen LogP contribution < -0.4 is 0 Å². The average Bonchev–Trinajstić information content (AvgIpc) is 2.65. The SMILES string of the molecule is CC(=O)N(CCCP(C)(C)=O)OCc1ccc(-c2ccccc2C)cc1.O=C=O. The van der Waals surface area contributed by atoms with Gasteiger partial charge in [-0.25, -0.2) is 5.06 Å². The molecule has 2 aromatic carbocycles. The number of hydroxylamine groups is 2. The van der Waals surface area contributed by atoms with Gasteiger partial charge < -0.3 is 4.57 Å². The lowest BCUT2D eigenvalue weighted by Gasteiger charge is -2.21. The van der Waals surface area contributed by atoms with Gasteiger partial charge in [0.1, 0.15) is 6.61 Å². The number of nitrogens with zero attached hydrogens (tertiary/aromatic N) is 1. The van der Waals surface area contributed by atoms with Gasteiger partial charge >= 0.3 is 6.15 Å². The number of amides is 1. The largest absolute Gasteiger partial charge is 0.373 e. The van der Waals surface area contributed by atoms with Crippen LogP contribution in [0.4, 0.5) is 0 Å². The first kappa shape index (κ1) is 24.5. The Morgan fingerprint density at radius 1 is 1.07 bits per heavy atom. The molecule has 0 spiro atoms. The van der Waals surface area contributed by atoms with E-state index in [-0.39, 0.29) is 12.1 Å². The van der Waals surface area contributed by atoms with E-state index in [1.165, 1.54) is 23.1 Å². The highest BCUT2D eigenvalue weighted by atomic mass is 31.2. The molecule has 0 aliphatic carbocycles. The molecule has 0 radical (unpaired) electrons. The standard InChI is InChI=1S/C21H28NO3P.CO2/c1-17-8-5-6-9-21(17)20-12-10-19(11-13-20)16-25-22(18(2)23)14-7-15-26(3,4)24;2-1-3/h5-6,8-13H,7,14-16H2,1-4H3;. The summed E-state index contributed by atoms with van der Waals surface area (Å²) < 4.78 is 11.8. The van der Waals surface area contributed by atoms with Gasteiger partial charge in [-0.3, -0.25) is 9.63 Å². The highest BCUT2D eigenvalue weighted by Gasteiger charge is 2.13. The lowest BCUT2D eigenvalue weighted by molar-refractivity contribution is -0.192. The fourth-order valence-corrected chi connectivity index (χ4v) is 3.64. The predicted molar refractivity (Wildman–Crippen MR) is 113 cm³/mol. The minimum absolute atomic E-state index is 0.136. The molecule has 0 heterocycles. The molecule has 0 saturated heterocycles. The number of rotatable bonds is 8. The molecular weight excluding hydrogens is 389 g/mol. The molecule has 7 heteroatoms. The second-order valence-corrected chi connectivity index (χ2v) is 10.7. The van der Waals surface area contributed by atoms with Crippen molar-refractivity contribution in [3.63, 3.8) is 0 Å². The van der Waals surface area contributed by atoms with Gasteiger partial charge in [-0.05, 0) is 48.9 Å². The summed E-state index contributed by atoms with van der Waals surface area (Å²) in [6.07, 6.45) is 1.54. The Kier molecular flexibility index (Phi) is 10.3. The molecule has 0 unspecified atom stereocenters. The first-order valence-corrected chi connectivity index (χ1v) is 12.1. The minimum atomic E-state index is -2.06. The maximum absolute atomic E-state index is 11.8. The van der Waals surface area contributed by atoms with E-state index < -0.39 is 7.14 Å². The molecule has 2 rings (SSSR count). The molecule has 1 amide bonds. The highest BCUT2D eigenvalue weighted by molar-refractivity contribution is 7.62. The molecule has 0 aliphatic rings. The molecule has 6 nitrogen and oxygen atoms in total. The van der Waals surface area contributed by atoms with Gasteiger partial charge in [0.25, 0.3) is 0 Å². The van der Waals surface area contributed by atoms with Crippen molar-refractivity contribution in [3.8, 4) is 11.1 Å². The maximum atomic E-state index is 11.8. The molecule has 0 bridgehead atoms. The third kappa shape index (κ3) is 9.49. The summed E-state index contributed by atoms with van der Waals surface area (Å²) in [6.45, 7) is 7.91. The number of benzene rings is 2. The normalized spacial score (nSPS) is 10.5. The van der Waals surface area contributed by atoms with Gasteiger partial charge in [0, 0.05) is 19.6 Å². The number of carbonyl (C=O) groups is 1. The maximum Gasteiger partial charge on any atom is 0.373 e. The molecular formula is C22H28NO5P. The van der Waals surface area contributed by atoms with Crippen LogP contribution in [-0.2, 0) is 30.4 Å². The Bertz CT molecular complexity index is 867. The number of hydrogen-bond acceptors (Lipinski definition) is 5. The fraction of sp³-hybridized carbons (Fsp3) is 0.364. The van der Waals surface area contributed by atoms with E-state index in [4.69, 9.17) is 14.4 Å². The van der Waals surface area contributed by atoms with Crippen LogP contribution in [-0.4, -0.2) is 43.2 Å². The molecule has 156 valence electrons. The summed E-state index contributed by atoms with van der Waals surface area (Å²) in [6, 6.07) is 16.5. The van der Waals surface area contributed by atoms with Crippen molar-refractivity contribution in [2.45, 2.75) is 26.9 Å². The second-order valence-electron chi connectivity index (χ2n) is 7.14. The quantitative estimate of drug-likeness (QED) is 0.471. The minimum Gasteiger partial charge on any atom is -0.324 e. The Morgan fingerprint density at radius 2 is 1.66 bits per heavy atom. The zero-order chi connectivity index (χ0) is 21.9. The van der Waals surface area contributed by atoms with Crippen LogP contribution in [0.5, 0.6) is 0 Å². The zero-order valence-corrected chi connectivity index (χ0v) is 18.3. The summed E-state index contributed by atoms with van der Waals surface area (Å²) in [5.74, 6) is -0.136. The van der Waals surface area contributed by atoms with Gasteiger partial charge in [0.15, 0.2) is 0 Å². The first-order valence-electron chi connectivity index (χ1n) is 9.27. The summed E-state index contributed by atoms with van der Waals surface area (Å²) in [5.41, 5.74) is 4.62. The van der Waals surface area contributed by atoms with Crippen LogP contribution >= 0.6 is 7.14 Å². The third-order valence-electron chi connectivity index (χ3n) is 4.21. The van der Waals surface area contributed by atoms with Gasteiger partial charge in [-0.2, -0.15) is 9.59 Å². The number of carbonyl (C=O) groups excluding carboxylic acids is 3. The second kappa shape index (κ2) is 12.1. The van der Waals surface area contributed by atoms with Crippen molar-refractivity contribution < 1.29 is 23.8 Å². The Morgan fingerprint density at radius 3 is 2.17 bits per heavy atom. The van der Waals surface area contributed by atoms with Crippen LogP contribution in [0, 0.1) is 6.92 Å². The summed E-state index contributed by atoms with van der Waals surface area (Å²) in [4.78, 5) is 33.6. The molecule has 0 saturated carbocycles. The van der Waals surface area contributed by atoms with Gasteiger partial charge in [-0.15, -0.1) is 0 Å². The lowest BCUT2D eigenvalue weighted by atomic mass is 10.00. The topological polar surface area (TPSA) is 80.8 Å². The molecule has 0 N–H and O–H groups in total. The smallest absolute Gasteiger partial charge is 0.324 e. The van der Waals surface area contributed by atoms with Crippen molar-refractivity contribution >= 4 is 19.2 Å². The number of aryl methyl sites for hydroxylation is 1. The molecule has 0 aromatic heterocycles. The van der Waals surface area contributed by atoms with Crippen molar-refractivity contribution in [2.24, 2.45) is 0 Å². The molecule has 0 aliphatic heterocycles. The molecule has 29 heavy (non-hydrogen) atoms. The fourth-order valence-electron chi connectivity index (χ4n) is 2.74.